The Labute approximate surface area is 76.6 Å². The van der Waals surface area contributed by atoms with Gasteiger partial charge in [0, 0.05) is 5.41 Å². The number of rotatable bonds is 0. The van der Waals surface area contributed by atoms with Crippen molar-refractivity contribution < 1.29 is 0 Å². The minimum Gasteiger partial charge on any atom is -0.237 e. The molecule has 0 fully saturated rings. The van der Waals surface area contributed by atoms with Crippen LogP contribution in [-0.2, 0) is 5.41 Å². The van der Waals surface area contributed by atoms with E-state index in [0.29, 0.717) is 0 Å². The van der Waals surface area contributed by atoms with Crippen LogP contribution in [0.15, 0.2) is 18.6 Å². The fourth-order valence-corrected chi connectivity index (χ4v) is 1.34. The van der Waals surface area contributed by atoms with Crippen LogP contribution in [0.3, 0.4) is 0 Å². The molecular formula is C9H12N4. The molecule has 13 heavy (non-hydrogen) atoms. The van der Waals surface area contributed by atoms with Gasteiger partial charge in [-0.15, -0.1) is 9.73 Å². The Hall–Kier alpha value is -1.45. The van der Waals surface area contributed by atoms with Gasteiger partial charge in [-0.3, -0.25) is 0 Å². The van der Waals surface area contributed by atoms with E-state index >= 15 is 0 Å². The Morgan fingerprint density at radius 3 is 2.69 bits per heavy atom. The molecule has 0 unspecified atom stereocenters. The van der Waals surface area contributed by atoms with E-state index in [1.165, 1.54) is 0 Å². The van der Waals surface area contributed by atoms with Gasteiger partial charge >= 0.3 is 0 Å². The van der Waals surface area contributed by atoms with Crippen molar-refractivity contribution in [2.75, 3.05) is 0 Å². The summed E-state index contributed by atoms with van der Waals surface area (Å²) in [5.74, 6) is 0. The predicted molar refractivity (Wildman–Crippen MR) is 49.5 cm³/mol. The lowest BCUT2D eigenvalue weighted by molar-refractivity contribution is 0.563. The first-order chi connectivity index (χ1) is 6.09. The van der Waals surface area contributed by atoms with E-state index in [0.717, 1.165) is 11.2 Å². The summed E-state index contributed by atoms with van der Waals surface area (Å²) in [5, 5.41) is 8.07. The second kappa shape index (κ2) is 2.52. The van der Waals surface area contributed by atoms with E-state index < -0.39 is 0 Å². The number of hydrogen-bond acceptors (Lipinski definition) is 3. The Morgan fingerprint density at radius 1 is 1.23 bits per heavy atom. The van der Waals surface area contributed by atoms with Crippen molar-refractivity contribution in [3.63, 3.8) is 0 Å². The van der Waals surface area contributed by atoms with Gasteiger partial charge in [0.25, 0.3) is 0 Å². The average Bonchev–Trinajstić information content (AvgIpc) is 2.48. The number of aromatic nitrogens is 4. The molecule has 2 rings (SSSR count). The lowest BCUT2D eigenvalue weighted by Crippen LogP contribution is -2.16. The highest BCUT2D eigenvalue weighted by Gasteiger charge is 2.19. The number of fused-ring (bicyclic) bond motifs is 1. The highest BCUT2D eigenvalue weighted by molar-refractivity contribution is 5.51. The second-order valence-electron chi connectivity index (χ2n) is 4.06. The predicted octanol–water partition coefficient (Wildman–Crippen LogP) is 1.42. The van der Waals surface area contributed by atoms with Crippen LogP contribution in [0.25, 0.3) is 5.52 Å². The summed E-state index contributed by atoms with van der Waals surface area (Å²) in [7, 11) is 0. The van der Waals surface area contributed by atoms with Gasteiger partial charge in [0.05, 0.1) is 11.9 Å². The van der Waals surface area contributed by atoms with E-state index in [1.54, 1.807) is 17.2 Å². The zero-order valence-corrected chi connectivity index (χ0v) is 8.02. The van der Waals surface area contributed by atoms with Crippen LogP contribution in [0.2, 0.25) is 0 Å². The Bertz CT molecular complexity index is 424. The van der Waals surface area contributed by atoms with Crippen molar-refractivity contribution in [3.05, 3.63) is 24.3 Å². The van der Waals surface area contributed by atoms with Crippen molar-refractivity contribution in [1.29, 1.82) is 0 Å². The molecule has 0 aliphatic carbocycles. The van der Waals surface area contributed by atoms with Crippen molar-refractivity contribution in [2.24, 2.45) is 0 Å². The molecule has 0 saturated carbocycles. The van der Waals surface area contributed by atoms with E-state index in [4.69, 9.17) is 0 Å². The number of nitrogens with zero attached hydrogens (tertiary/aromatic N) is 4. The van der Waals surface area contributed by atoms with Crippen LogP contribution in [0, 0.1) is 0 Å². The molecule has 0 aliphatic rings. The summed E-state index contributed by atoms with van der Waals surface area (Å²) in [6.45, 7) is 6.38. The summed E-state index contributed by atoms with van der Waals surface area (Å²) in [6.07, 6.45) is 3.28. The van der Waals surface area contributed by atoms with E-state index in [2.05, 4.69) is 36.0 Å². The van der Waals surface area contributed by atoms with Gasteiger partial charge in [0.2, 0.25) is 0 Å². The highest BCUT2D eigenvalue weighted by Crippen LogP contribution is 2.22. The molecule has 0 bridgehead atoms. The quantitative estimate of drug-likeness (QED) is 0.609. The van der Waals surface area contributed by atoms with Crippen LogP contribution in [0.4, 0.5) is 0 Å². The molecule has 0 N–H and O–H groups in total. The smallest absolute Gasteiger partial charge is 0.138 e. The number of hydrogen-bond donors (Lipinski definition) is 0. The largest absolute Gasteiger partial charge is 0.237 e. The zero-order chi connectivity index (χ0) is 9.47. The Balaban J connectivity index is 2.75. The lowest BCUT2D eigenvalue weighted by atomic mass is 9.91. The standard InChI is InChI=1S/C9H12N4/c1-9(2,3)8-7-4-5-11-13(7)12-6-10-8/h4-6H,1-3H3. The summed E-state index contributed by atoms with van der Waals surface area (Å²) >= 11 is 0. The maximum Gasteiger partial charge on any atom is 0.138 e. The fraction of sp³-hybridized carbons (Fsp3) is 0.444. The summed E-state index contributed by atoms with van der Waals surface area (Å²) in [5.41, 5.74) is 2.04. The molecule has 2 aromatic heterocycles. The Kier molecular flexibility index (Phi) is 1.58. The molecule has 0 aliphatic heterocycles. The minimum absolute atomic E-state index is 0.0320. The molecule has 4 heteroatoms. The van der Waals surface area contributed by atoms with Crippen molar-refractivity contribution >= 4 is 5.52 Å². The van der Waals surface area contributed by atoms with Crippen molar-refractivity contribution in [2.45, 2.75) is 26.2 Å². The monoisotopic (exact) mass is 176 g/mol. The molecule has 0 amide bonds. The first-order valence-electron chi connectivity index (χ1n) is 4.24. The van der Waals surface area contributed by atoms with E-state index in [9.17, 15) is 0 Å². The molecule has 4 nitrogen and oxygen atoms in total. The van der Waals surface area contributed by atoms with Gasteiger partial charge in [0.15, 0.2) is 0 Å². The summed E-state index contributed by atoms with van der Waals surface area (Å²) < 4.78 is 1.60. The third-order valence-corrected chi connectivity index (χ3v) is 1.92. The topological polar surface area (TPSA) is 43.1 Å². The molecule has 0 aromatic carbocycles. The fourth-order valence-electron chi connectivity index (χ4n) is 1.34. The van der Waals surface area contributed by atoms with Gasteiger partial charge in [-0.1, -0.05) is 20.8 Å². The molecule has 2 aromatic rings. The minimum atomic E-state index is 0.0320. The van der Waals surface area contributed by atoms with Crippen molar-refractivity contribution in [3.8, 4) is 0 Å². The van der Waals surface area contributed by atoms with Gasteiger partial charge in [-0.25, -0.2) is 4.98 Å². The molecule has 68 valence electrons. The first-order valence-corrected chi connectivity index (χ1v) is 4.24. The molecule has 0 spiro atoms. The third kappa shape index (κ3) is 1.28. The zero-order valence-electron chi connectivity index (χ0n) is 8.02. The second-order valence-corrected chi connectivity index (χ2v) is 4.06. The summed E-state index contributed by atoms with van der Waals surface area (Å²) in [4.78, 5) is 4.28. The van der Waals surface area contributed by atoms with Crippen LogP contribution in [0.5, 0.6) is 0 Å². The van der Waals surface area contributed by atoms with Crippen LogP contribution in [-0.4, -0.2) is 19.8 Å². The van der Waals surface area contributed by atoms with E-state index in [-0.39, 0.29) is 5.41 Å². The van der Waals surface area contributed by atoms with Crippen LogP contribution in [0.1, 0.15) is 26.5 Å². The van der Waals surface area contributed by atoms with Gasteiger partial charge < -0.3 is 0 Å². The lowest BCUT2D eigenvalue weighted by Gasteiger charge is -2.17. The van der Waals surface area contributed by atoms with Gasteiger partial charge in [0.1, 0.15) is 11.8 Å². The van der Waals surface area contributed by atoms with Crippen LogP contribution >= 0.6 is 0 Å². The van der Waals surface area contributed by atoms with Crippen LogP contribution < -0.4 is 0 Å². The molecular weight excluding hydrogens is 164 g/mol. The van der Waals surface area contributed by atoms with Crippen molar-refractivity contribution in [1.82, 2.24) is 19.8 Å². The highest BCUT2D eigenvalue weighted by atomic mass is 15.4. The maximum atomic E-state index is 4.28. The van der Waals surface area contributed by atoms with Gasteiger partial charge in [-0.2, -0.15) is 5.10 Å². The summed E-state index contributed by atoms with van der Waals surface area (Å²) in [6, 6.07) is 1.93. The molecule has 0 radical (unpaired) electrons. The first kappa shape index (κ1) is 8.16. The maximum absolute atomic E-state index is 4.28. The van der Waals surface area contributed by atoms with E-state index in [1.807, 2.05) is 6.07 Å². The average molecular weight is 176 g/mol. The van der Waals surface area contributed by atoms with Gasteiger partial charge in [-0.05, 0) is 6.07 Å². The molecule has 2 heterocycles. The molecule has 0 atom stereocenters. The molecule has 0 saturated heterocycles. The SMILES string of the molecule is CC(C)(C)c1ncnn2nccc12. The Morgan fingerprint density at radius 2 is 2.00 bits per heavy atom. The third-order valence-electron chi connectivity index (χ3n) is 1.92. The normalized spacial score (nSPS) is 12.2.